The molecule has 0 bridgehead atoms. The van der Waals surface area contributed by atoms with Crippen molar-refractivity contribution in [1.82, 2.24) is 10.3 Å². The fourth-order valence-electron chi connectivity index (χ4n) is 1.89. The summed E-state index contributed by atoms with van der Waals surface area (Å²) in [7, 11) is 1.84. The first kappa shape index (κ1) is 12.5. The second kappa shape index (κ2) is 5.60. The number of carbonyl (C=O) groups is 1. The number of benzene rings is 1. The van der Waals surface area contributed by atoms with Gasteiger partial charge in [-0.2, -0.15) is 0 Å². The molecule has 4 nitrogen and oxygen atoms in total. The molecule has 1 aromatic heterocycles. The van der Waals surface area contributed by atoms with Crippen molar-refractivity contribution in [2.24, 2.45) is 5.92 Å². The van der Waals surface area contributed by atoms with Crippen LogP contribution in [0.3, 0.4) is 0 Å². The summed E-state index contributed by atoms with van der Waals surface area (Å²) >= 11 is 0. The van der Waals surface area contributed by atoms with Crippen LogP contribution >= 0.6 is 0 Å². The fourth-order valence-corrected chi connectivity index (χ4v) is 1.89. The van der Waals surface area contributed by atoms with E-state index in [-0.39, 0.29) is 11.8 Å². The molecule has 0 saturated carbocycles. The van der Waals surface area contributed by atoms with Crippen molar-refractivity contribution < 1.29 is 4.79 Å². The molecule has 94 valence electrons. The molecule has 1 heterocycles. The van der Waals surface area contributed by atoms with Gasteiger partial charge in [0.2, 0.25) is 5.91 Å². The number of pyridine rings is 1. The Hall–Kier alpha value is -1.94. The van der Waals surface area contributed by atoms with Crippen molar-refractivity contribution in [2.45, 2.75) is 6.92 Å². The summed E-state index contributed by atoms with van der Waals surface area (Å²) < 4.78 is 0. The summed E-state index contributed by atoms with van der Waals surface area (Å²) in [5, 5.41) is 8.00. The monoisotopic (exact) mass is 243 g/mol. The van der Waals surface area contributed by atoms with Crippen molar-refractivity contribution in [3.05, 3.63) is 36.7 Å². The maximum Gasteiger partial charge on any atom is 0.228 e. The van der Waals surface area contributed by atoms with Gasteiger partial charge in [0.15, 0.2) is 0 Å². The van der Waals surface area contributed by atoms with Crippen molar-refractivity contribution in [2.75, 3.05) is 18.9 Å². The van der Waals surface area contributed by atoms with E-state index >= 15 is 0 Å². The number of rotatable bonds is 4. The molecule has 0 aliphatic rings. The van der Waals surface area contributed by atoms with Crippen LogP contribution in [0.1, 0.15) is 6.92 Å². The third-order valence-electron chi connectivity index (χ3n) is 2.90. The van der Waals surface area contributed by atoms with Gasteiger partial charge in [0, 0.05) is 41.3 Å². The highest BCUT2D eigenvalue weighted by Gasteiger charge is 2.12. The van der Waals surface area contributed by atoms with Crippen molar-refractivity contribution in [3.8, 4) is 0 Å². The van der Waals surface area contributed by atoms with E-state index in [2.05, 4.69) is 15.6 Å². The maximum atomic E-state index is 12.0. The summed E-state index contributed by atoms with van der Waals surface area (Å²) in [6, 6.07) is 7.72. The molecule has 2 N–H and O–H groups in total. The van der Waals surface area contributed by atoms with Crippen molar-refractivity contribution in [3.63, 3.8) is 0 Å². The molecular formula is C14H17N3O. The molecule has 18 heavy (non-hydrogen) atoms. The molecular weight excluding hydrogens is 226 g/mol. The number of fused-ring (bicyclic) bond motifs is 1. The maximum absolute atomic E-state index is 12.0. The number of nitrogens with one attached hydrogen (secondary N) is 2. The van der Waals surface area contributed by atoms with Crippen LogP contribution in [0.15, 0.2) is 36.7 Å². The molecule has 0 spiro atoms. The van der Waals surface area contributed by atoms with E-state index in [4.69, 9.17) is 0 Å². The Bertz CT molecular complexity index is 548. The lowest BCUT2D eigenvalue weighted by Gasteiger charge is -2.13. The second-order valence-corrected chi connectivity index (χ2v) is 4.35. The van der Waals surface area contributed by atoms with Gasteiger partial charge in [-0.05, 0) is 19.2 Å². The van der Waals surface area contributed by atoms with Crippen LogP contribution in [0.25, 0.3) is 10.8 Å². The number of carbonyl (C=O) groups excluding carboxylic acids is 1. The molecule has 1 amide bonds. The summed E-state index contributed by atoms with van der Waals surface area (Å²) in [6.45, 7) is 2.57. The summed E-state index contributed by atoms with van der Waals surface area (Å²) in [5.74, 6) is -0.0410. The first-order valence-electron chi connectivity index (χ1n) is 6.00. The number of anilines is 1. The Labute approximate surface area is 106 Å². The highest BCUT2D eigenvalue weighted by molar-refractivity contribution is 6.02. The average molecular weight is 243 g/mol. The van der Waals surface area contributed by atoms with Crippen molar-refractivity contribution >= 4 is 22.4 Å². The quantitative estimate of drug-likeness (QED) is 0.864. The lowest BCUT2D eigenvalue weighted by molar-refractivity contribution is -0.119. The highest BCUT2D eigenvalue weighted by atomic mass is 16.1. The number of hydrogen-bond acceptors (Lipinski definition) is 3. The minimum Gasteiger partial charge on any atom is -0.325 e. The number of aromatic nitrogens is 1. The first-order valence-corrected chi connectivity index (χ1v) is 6.00. The molecule has 1 aromatic carbocycles. The second-order valence-electron chi connectivity index (χ2n) is 4.35. The van der Waals surface area contributed by atoms with E-state index in [0.717, 1.165) is 16.5 Å². The van der Waals surface area contributed by atoms with E-state index in [1.54, 1.807) is 12.4 Å². The van der Waals surface area contributed by atoms with Crippen LogP contribution < -0.4 is 10.6 Å². The third-order valence-corrected chi connectivity index (χ3v) is 2.90. The van der Waals surface area contributed by atoms with E-state index in [0.29, 0.717) is 6.54 Å². The molecule has 2 aromatic rings. The Morgan fingerprint density at radius 1 is 1.39 bits per heavy atom. The van der Waals surface area contributed by atoms with E-state index in [1.807, 2.05) is 38.2 Å². The Balaban J connectivity index is 2.24. The molecule has 1 atom stereocenters. The highest BCUT2D eigenvalue weighted by Crippen LogP contribution is 2.22. The Kier molecular flexibility index (Phi) is 3.89. The zero-order valence-corrected chi connectivity index (χ0v) is 10.6. The average Bonchev–Trinajstić information content (AvgIpc) is 2.39. The van der Waals surface area contributed by atoms with E-state index in [9.17, 15) is 4.79 Å². The summed E-state index contributed by atoms with van der Waals surface area (Å²) in [6.07, 6.45) is 3.52. The van der Waals surface area contributed by atoms with Crippen LogP contribution in [-0.2, 0) is 4.79 Å². The molecule has 0 radical (unpaired) electrons. The smallest absolute Gasteiger partial charge is 0.228 e. The van der Waals surface area contributed by atoms with Gasteiger partial charge in [0.1, 0.15) is 0 Å². The normalized spacial score (nSPS) is 12.3. The molecule has 4 heteroatoms. The van der Waals surface area contributed by atoms with Gasteiger partial charge in [-0.3, -0.25) is 9.78 Å². The third kappa shape index (κ3) is 2.65. The molecule has 1 unspecified atom stereocenters. The van der Waals surface area contributed by atoms with Crippen LogP contribution in [0.2, 0.25) is 0 Å². The zero-order valence-electron chi connectivity index (χ0n) is 10.6. The first-order chi connectivity index (χ1) is 8.72. The van der Waals surface area contributed by atoms with Crippen LogP contribution in [0.4, 0.5) is 5.69 Å². The van der Waals surface area contributed by atoms with Gasteiger partial charge in [-0.25, -0.2) is 0 Å². The zero-order chi connectivity index (χ0) is 13.0. The minimum atomic E-state index is -0.0629. The SMILES string of the molecule is CNCC(C)C(=O)Nc1cccc2cnccc12. The standard InChI is InChI=1S/C14H17N3O/c1-10(8-15-2)14(18)17-13-5-3-4-11-9-16-7-6-12(11)13/h3-7,9-10,15H,8H2,1-2H3,(H,17,18). The van der Waals surface area contributed by atoms with Gasteiger partial charge < -0.3 is 10.6 Å². The number of nitrogens with zero attached hydrogens (tertiary/aromatic N) is 1. The fraction of sp³-hybridized carbons (Fsp3) is 0.286. The lowest BCUT2D eigenvalue weighted by atomic mass is 10.1. The number of amides is 1. The lowest BCUT2D eigenvalue weighted by Crippen LogP contribution is -2.28. The Morgan fingerprint density at radius 3 is 3.00 bits per heavy atom. The molecule has 2 rings (SSSR count). The van der Waals surface area contributed by atoms with E-state index in [1.165, 1.54) is 0 Å². The van der Waals surface area contributed by atoms with Crippen molar-refractivity contribution in [1.29, 1.82) is 0 Å². The van der Waals surface area contributed by atoms with Gasteiger partial charge in [-0.15, -0.1) is 0 Å². The summed E-state index contributed by atoms with van der Waals surface area (Å²) in [5.41, 5.74) is 0.836. The van der Waals surface area contributed by atoms with Gasteiger partial charge >= 0.3 is 0 Å². The van der Waals surface area contributed by atoms with Crippen LogP contribution in [-0.4, -0.2) is 24.5 Å². The number of hydrogen-bond donors (Lipinski definition) is 2. The predicted molar refractivity (Wildman–Crippen MR) is 73.5 cm³/mol. The summed E-state index contributed by atoms with van der Waals surface area (Å²) in [4.78, 5) is 16.1. The topological polar surface area (TPSA) is 54.0 Å². The van der Waals surface area contributed by atoms with E-state index < -0.39 is 0 Å². The van der Waals surface area contributed by atoms with Crippen LogP contribution in [0.5, 0.6) is 0 Å². The molecule has 0 aliphatic carbocycles. The van der Waals surface area contributed by atoms with Crippen LogP contribution in [0, 0.1) is 5.92 Å². The predicted octanol–water partition coefficient (Wildman–Crippen LogP) is 2.03. The van der Waals surface area contributed by atoms with Gasteiger partial charge in [0.05, 0.1) is 0 Å². The molecule has 0 fully saturated rings. The molecule has 0 aliphatic heterocycles. The largest absolute Gasteiger partial charge is 0.325 e. The molecule has 0 saturated heterocycles. The van der Waals surface area contributed by atoms with Gasteiger partial charge in [0.25, 0.3) is 0 Å². The minimum absolute atomic E-state index is 0.0219. The Morgan fingerprint density at radius 2 is 2.22 bits per heavy atom. The van der Waals surface area contributed by atoms with Gasteiger partial charge in [-0.1, -0.05) is 19.1 Å².